The van der Waals surface area contributed by atoms with Crippen LogP contribution < -0.4 is 0 Å². The minimum atomic E-state index is -0.465. The van der Waals surface area contributed by atoms with Crippen LogP contribution in [0.5, 0.6) is 0 Å². The minimum absolute atomic E-state index is 0.0525. The van der Waals surface area contributed by atoms with Gasteiger partial charge in [-0.2, -0.15) is 0 Å². The highest BCUT2D eigenvalue weighted by atomic mass is 16.7. The predicted molar refractivity (Wildman–Crippen MR) is 105 cm³/mol. The summed E-state index contributed by atoms with van der Waals surface area (Å²) >= 11 is 0. The number of rotatable bonds is 3. The zero-order valence-corrected chi connectivity index (χ0v) is 18.1. The van der Waals surface area contributed by atoms with Crippen molar-refractivity contribution in [1.82, 2.24) is 0 Å². The van der Waals surface area contributed by atoms with Gasteiger partial charge in [-0.3, -0.25) is 0 Å². The molecule has 0 N–H and O–H groups in total. The first kappa shape index (κ1) is 21.0. The second-order valence-corrected chi connectivity index (χ2v) is 10.6. The van der Waals surface area contributed by atoms with Crippen LogP contribution in [0.1, 0.15) is 76.2 Å². The second-order valence-electron chi connectivity index (χ2n) is 10.6. The molecule has 2 fully saturated rings. The van der Waals surface area contributed by atoms with E-state index in [9.17, 15) is 0 Å². The molecule has 0 radical (unpaired) electrons. The molecule has 0 aromatic carbocycles. The topological polar surface area (TPSA) is 36.9 Å². The fourth-order valence-corrected chi connectivity index (χ4v) is 3.30. The molecule has 2 aliphatic heterocycles. The molecular weight excluding hydrogens is 314 g/mol. The van der Waals surface area contributed by atoms with Crippen molar-refractivity contribution in [3.63, 3.8) is 0 Å². The van der Waals surface area contributed by atoms with Crippen LogP contribution in [0.25, 0.3) is 0 Å². The second kappa shape index (κ2) is 5.85. The third-order valence-electron chi connectivity index (χ3n) is 6.43. The van der Waals surface area contributed by atoms with Crippen molar-refractivity contribution in [3.8, 4) is 0 Å². The molecule has 142 valence electrons. The van der Waals surface area contributed by atoms with E-state index in [0.29, 0.717) is 0 Å². The van der Waals surface area contributed by atoms with E-state index in [0.717, 1.165) is 5.47 Å². The smallest absolute Gasteiger partial charge is 0.403 e. The molecule has 0 amide bonds. The van der Waals surface area contributed by atoms with Crippen LogP contribution in [0.2, 0.25) is 5.82 Å². The minimum Gasteiger partial charge on any atom is -0.403 e. The van der Waals surface area contributed by atoms with E-state index < -0.39 is 7.12 Å². The molecule has 0 unspecified atom stereocenters. The molecule has 0 spiro atoms. The number of hydrogen-bond donors (Lipinski definition) is 0. The average Bonchev–Trinajstić information content (AvgIpc) is 2.67. The Morgan fingerprint density at radius 1 is 0.720 bits per heavy atom. The Balaban J connectivity index is 2.30. The lowest BCUT2D eigenvalue weighted by atomic mass is 9.49. The Kier molecular flexibility index (Phi) is 4.92. The Labute approximate surface area is 155 Å². The summed E-state index contributed by atoms with van der Waals surface area (Å²) in [6.07, 6.45) is 0. The standard InChI is InChI=1S/C19H36B2O4/c1-13(20-22-16(5,6)17(7,8)23-20)14(15(2,3)4)21-24-18(9,10)19(11,12)25-21/h14H,1H2,2-12H3/t14-/m0/s1. The Morgan fingerprint density at radius 3 is 1.36 bits per heavy atom. The van der Waals surface area contributed by atoms with E-state index in [-0.39, 0.29) is 40.8 Å². The largest absolute Gasteiger partial charge is 0.489 e. The fourth-order valence-electron chi connectivity index (χ4n) is 3.30. The molecular formula is C19H36B2O4. The van der Waals surface area contributed by atoms with Crippen molar-refractivity contribution in [2.75, 3.05) is 0 Å². The molecule has 2 heterocycles. The third kappa shape index (κ3) is 3.60. The van der Waals surface area contributed by atoms with Crippen LogP contribution in [0.3, 0.4) is 0 Å². The predicted octanol–water partition coefficient (Wildman–Crippen LogP) is 4.68. The molecule has 0 aliphatic carbocycles. The van der Waals surface area contributed by atoms with Crippen LogP contribution in [0.15, 0.2) is 12.1 Å². The summed E-state index contributed by atoms with van der Waals surface area (Å²) in [4.78, 5) is 0. The molecule has 0 bridgehead atoms. The molecule has 25 heavy (non-hydrogen) atoms. The van der Waals surface area contributed by atoms with Crippen LogP contribution in [-0.4, -0.2) is 36.6 Å². The van der Waals surface area contributed by atoms with Crippen molar-refractivity contribution in [2.45, 2.75) is 104 Å². The molecule has 2 aliphatic rings. The zero-order valence-electron chi connectivity index (χ0n) is 18.1. The van der Waals surface area contributed by atoms with Gasteiger partial charge in [-0.05, 0) is 66.3 Å². The van der Waals surface area contributed by atoms with Gasteiger partial charge < -0.3 is 18.6 Å². The molecule has 4 nitrogen and oxygen atoms in total. The lowest BCUT2D eigenvalue weighted by Gasteiger charge is -2.34. The molecule has 2 rings (SSSR count). The van der Waals surface area contributed by atoms with Gasteiger partial charge in [0.15, 0.2) is 0 Å². The van der Waals surface area contributed by atoms with Gasteiger partial charge in [-0.1, -0.05) is 20.8 Å². The summed E-state index contributed by atoms with van der Waals surface area (Å²) in [7, 11) is -0.843. The summed E-state index contributed by atoms with van der Waals surface area (Å²) in [5.41, 5.74) is -0.765. The zero-order chi connectivity index (χ0) is 19.6. The normalized spacial score (nSPS) is 28.3. The summed E-state index contributed by atoms with van der Waals surface area (Å²) < 4.78 is 25.2. The lowest BCUT2D eigenvalue weighted by Crippen LogP contribution is -2.41. The first-order valence-electron chi connectivity index (χ1n) is 9.31. The Morgan fingerprint density at radius 2 is 1.04 bits per heavy atom. The highest BCUT2D eigenvalue weighted by Gasteiger charge is 2.60. The SMILES string of the molecule is C=C(B1OC(C)(C)C(C)(C)O1)[C@H](B1OC(C)(C)C(C)(C)O1)C(C)(C)C. The van der Waals surface area contributed by atoms with Crippen LogP contribution >= 0.6 is 0 Å². The Bertz CT molecular complexity index is 514. The first-order chi connectivity index (χ1) is 10.9. The maximum absolute atomic E-state index is 6.34. The summed E-state index contributed by atoms with van der Waals surface area (Å²) in [5.74, 6) is -0.0525. The van der Waals surface area contributed by atoms with Gasteiger partial charge in [0.05, 0.1) is 22.4 Å². The summed E-state index contributed by atoms with van der Waals surface area (Å²) in [6.45, 7) is 27.4. The van der Waals surface area contributed by atoms with Gasteiger partial charge in [0, 0.05) is 5.82 Å². The molecule has 0 aromatic heterocycles. The maximum atomic E-state index is 6.34. The van der Waals surface area contributed by atoms with Crippen molar-refractivity contribution in [3.05, 3.63) is 12.1 Å². The van der Waals surface area contributed by atoms with Gasteiger partial charge in [0.25, 0.3) is 0 Å². The van der Waals surface area contributed by atoms with E-state index in [4.69, 9.17) is 18.6 Å². The maximum Gasteiger partial charge on any atom is 0.489 e. The molecule has 6 heteroatoms. The van der Waals surface area contributed by atoms with Gasteiger partial charge in [-0.25, -0.2) is 0 Å². The Hall–Kier alpha value is -0.290. The molecule has 2 saturated heterocycles. The highest BCUT2D eigenvalue weighted by molar-refractivity contribution is 6.60. The van der Waals surface area contributed by atoms with Crippen molar-refractivity contribution < 1.29 is 18.6 Å². The van der Waals surface area contributed by atoms with E-state index in [2.05, 4.69) is 82.7 Å². The van der Waals surface area contributed by atoms with Crippen LogP contribution in [0, 0.1) is 5.41 Å². The highest BCUT2D eigenvalue weighted by Crippen LogP contribution is 2.50. The van der Waals surface area contributed by atoms with E-state index in [1.165, 1.54) is 0 Å². The van der Waals surface area contributed by atoms with E-state index >= 15 is 0 Å². The quantitative estimate of drug-likeness (QED) is 0.693. The van der Waals surface area contributed by atoms with E-state index in [1.807, 2.05) is 0 Å². The van der Waals surface area contributed by atoms with Crippen LogP contribution in [-0.2, 0) is 18.6 Å². The van der Waals surface area contributed by atoms with E-state index in [1.54, 1.807) is 0 Å². The number of hydrogen-bond acceptors (Lipinski definition) is 4. The van der Waals surface area contributed by atoms with Crippen molar-refractivity contribution >= 4 is 14.2 Å². The molecule has 0 aromatic rings. The fraction of sp³-hybridized carbons (Fsp3) is 0.895. The van der Waals surface area contributed by atoms with Gasteiger partial charge in [-0.15, -0.1) is 6.58 Å². The summed E-state index contributed by atoms with van der Waals surface area (Å²) in [5, 5.41) is 0. The molecule has 1 atom stereocenters. The molecule has 0 saturated carbocycles. The first-order valence-corrected chi connectivity index (χ1v) is 9.31. The number of allylic oxidation sites excluding steroid dienone is 1. The van der Waals surface area contributed by atoms with Crippen molar-refractivity contribution in [1.29, 1.82) is 0 Å². The van der Waals surface area contributed by atoms with Crippen molar-refractivity contribution in [2.24, 2.45) is 5.41 Å². The average molecular weight is 350 g/mol. The van der Waals surface area contributed by atoms with Gasteiger partial charge in [0.1, 0.15) is 0 Å². The lowest BCUT2D eigenvalue weighted by molar-refractivity contribution is 0.00578. The van der Waals surface area contributed by atoms with Gasteiger partial charge in [0.2, 0.25) is 0 Å². The summed E-state index contributed by atoms with van der Waals surface area (Å²) in [6, 6.07) is 0. The van der Waals surface area contributed by atoms with Gasteiger partial charge >= 0.3 is 14.2 Å². The van der Waals surface area contributed by atoms with Crippen LogP contribution in [0.4, 0.5) is 0 Å². The monoisotopic (exact) mass is 350 g/mol. The third-order valence-corrected chi connectivity index (χ3v) is 6.43.